The van der Waals surface area contributed by atoms with Crippen molar-refractivity contribution in [1.82, 2.24) is 10.6 Å². The van der Waals surface area contributed by atoms with Crippen molar-refractivity contribution in [3.8, 4) is 0 Å². The van der Waals surface area contributed by atoms with E-state index in [-0.39, 0.29) is 11.9 Å². The number of carbonyl (C=O) groups is 1. The van der Waals surface area contributed by atoms with Gasteiger partial charge in [0.05, 0.1) is 6.04 Å². The summed E-state index contributed by atoms with van der Waals surface area (Å²) >= 11 is 0. The van der Waals surface area contributed by atoms with Crippen molar-refractivity contribution >= 4 is 5.91 Å². The molecule has 4 nitrogen and oxygen atoms in total. The Labute approximate surface area is 104 Å². The summed E-state index contributed by atoms with van der Waals surface area (Å²) in [5, 5.41) is 6.30. The van der Waals surface area contributed by atoms with Crippen LogP contribution in [0.4, 0.5) is 0 Å². The van der Waals surface area contributed by atoms with Crippen LogP contribution in [0.3, 0.4) is 0 Å². The van der Waals surface area contributed by atoms with Crippen molar-refractivity contribution in [2.24, 2.45) is 5.92 Å². The molecule has 1 aliphatic carbocycles. The Balaban J connectivity index is 2.07. The van der Waals surface area contributed by atoms with Crippen LogP contribution in [0.2, 0.25) is 0 Å². The molecule has 0 heterocycles. The van der Waals surface area contributed by atoms with Gasteiger partial charge in [-0.3, -0.25) is 4.79 Å². The van der Waals surface area contributed by atoms with Gasteiger partial charge in [-0.1, -0.05) is 13.3 Å². The van der Waals surface area contributed by atoms with Crippen LogP contribution in [0.5, 0.6) is 0 Å². The lowest BCUT2D eigenvalue weighted by atomic mass is 10.2. The second-order valence-corrected chi connectivity index (χ2v) is 4.92. The number of carbonyl (C=O) groups excluding carboxylic acids is 1. The Kier molecular flexibility index (Phi) is 6.52. The summed E-state index contributed by atoms with van der Waals surface area (Å²) in [5.74, 6) is 0.895. The smallest absolute Gasteiger partial charge is 0.236 e. The number of amides is 1. The summed E-state index contributed by atoms with van der Waals surface area (Å²) in [5.41, 5.74) is 0. The molecule has 0 radical (unpaired) electrons. The van der Waals surface area contributed by atoms with E-state index in [1.165, 1.54) is 19.3 Å². The molecule has 1 aliphatic rings. The zero-order valence-corrected chi connectivity index (χ0v) is 11.3. The maximum atomic E-state index is 11.7. The molecule has 0 aromatic carbocycles. The van der Waals surface area contributed by atoms with Crippen molar-refractivity contribution in [3.63, 3.8) is 0 Å². The maximum absolute atomic E-state index is 11.7. The number of rotatable bonds is 9. The first-order valence-electron chi connectivity index (χ1n) is 6.71. The second-order valence-electron chi connectivity index (χ2n) is 4.92. The van der Waals surface area contributed by atoms with E-state index in [1.54, 1.807) is 7.11 Å². The van der Waals surface area contributed by atoms with E-state index < -0.39 is 0 Å². The van der Waals surface area contributed by atoms with E-state index in [0.717, 1.165) is 12.3 Å². The zero-order chi connectivity index (χ0) is 12.7. The van der Waals surface area contributed by atoms with Gasteiger partial charge in [0.25, 0.3) is 0 Å². The van der Waals surface area contributed by atoms with Crippen molar-refractivity contribution in [2.75, 3.05) is 20.3 Å². The first kappa shape index (κ1) is 14.5. The van der Waals surface area contributed by atoms with Crippen LogP contribution >= 0.6 is 0 Å². The molecule has 4 heteroatoms. The highest BCUT2D eigenvalue weighted by atomic mass is 16.5. The van der Waals surface area contributed by atoms with Gasteiger partial charge in [0.15, 0.2) is 0 Å². The van der Waals surface area contributed by atoms with Crippen molar-refractivity contribution < 1.29 is 9.53 Å². The molecule has 0 aromatic heterocycles. The Morgan fingerprint density at radius 1 is 1.53 bits per heavy atom. The van der Waals surface area contributed by atoms with Gasteiger partial charge in [-0.15, -0.1) is 0 Å². The number of hydrogen-bond donors (Lipinski definition) is 2. The Hall–Kier alpha value is -0.610. The van der Waals surface area contributed by atoms with Gasteiger partial charge >= 0.3 is 0 Å². The largest absolute Gasteiger partial charge is 0.385 e. The summed E-state index contributed by atoms with van der Waals surface area (Å²) < 4.78 is 4.93. The standard InChI is InChI=1S/C13H26N2O2/c1-4-6-11-9-12(11)15-10(2)13(16)14-7-5-8-17-3/h10-12,15H,4-9H2,1-3H3,(H,14,16). The first-order chi connectivity index (χ1) is 8.19. The zero-order valence-electron chi connectivity index (χ0n) is 11.3. The summed E-state index contributed by atoms with van der Waals surface area (Å²) in [6.07, 6.45) is 4.62. The summed E-state index contributed by atoms with van der Waals surface area (Å²) in [4.78, 5) is 11.7. The molecule has 0 saturated heterocycles. The van der Waals surface area contributed by atoms with Gasteiger partial charge in [-0.25, -0.2) is 0 Å². The highest BCUT2D eigenvalue weighted by Gasteiger charge is 2.37. The molecule has 3 atom stereocenters. The van der Waals surface area contributed by atoms with E-state index in [1.807, 2.05) is 6.92 Å². The summed E-state index contributed by atoms with van der Waals surface area (Å²) in [6.45, 7) is 5.54. The van der Waals surface area contributed by atoms with Crippen LogP contribution < -0.4 is 10.6 Å². The fourth-order valence-electron chi connectivity index (χ4n) is 2.12. The normalized spacial score (nSPS) is 24.4. The molecule has 0 aliphatic heterocycles. The maximum Gasteiger partial charge on any atom is 0.236 e. The van der Waals surface area contributed by atoms with E-state index in [9.17, 15) is 4.79 Å². The van der Waals surface area contributed by atoms with Crippen molar-refractivity contribution in [1.29, 1.82) is 0 Å². The fraction of sp³-hybridized carbons (Fsp3) is 0.923. The lowest BCUT2D eigenvalue weighted by molar-refractivity contribution is -0.122. The molecule has 1 rings (SSSR count). The fourth-order valence-corrected chi connectivity index (χ4v) is 2.12. The Morgan fingerprint density at radius 3 is 2.94 bits per heavy atom. The van der Waals surface area contributed by atoms with E-state index in [2.05, 4.69) is 17.6 Å². The third kappa shape index (κ3) is 5.50. The monoisotopic (exact) mass is 242 g/mol. The molecule has 0 spiro atoms. The van der Waals surface area contributed by atoms with Gasteiger partial charge in [-0.2, -0.15) is 0 Å². The lowest BCUT2D eigenvalue weighted by Gasteiger charge is -2.14. The minimum absolute atomic E-state index is 0.0793. The third-order valence-electron chi connectivity index (χ3n) is 3.26. The highest BCUT2D eigenvalue weighted by molar-refractivity contribution is 5.81. The number of ether oxygens (including phenoxy) is 1. The molecule has 3 unspecified atom stereocenters. The predicted molar refractivity (Wildman–Crippen MR) is 68.9 cm³/mol. The summed E-state index contributed by atoms with van der Waals surface area (Å²) in [7, 11) is 1.67. The van der Waals surface area contributed by atoms with Gasteiger partial charge in [0.2, 0.25) is 5.91 Å². The van der Waals surface area contributed by atoms with Crippen LogP contribution in [0.1, 0.15) is 39.5 Å². The lowest BCUT2D eigenvalue weighted by Crippen LogP contribution is -2.43. The second kappa shape index (κ2) is 7.67. The van der Waals surface area contributed by atoms with Gasteiger partial charge < -0.3 is 15.4 Å². The molecule has 17 heavy (non-hydrogen) atoms. The van der Waals surface area contributed by atoms with E-state index >= 15 is 0 Å². The minimum Gasteiger partial charge on any atom is -0.385 e. The topological polar surface area (TPSA) is 50.4 Å². The van der Waals surface area contributed by atoms with Gasteiger partial charge in [0, 0.05) is 26.3 Å². The van der Waals surface area contributed by atoms with Crippen molar-refractivity contribution in [3.05, 3.63) is 0 Å². The first-order valence-corrected chi connectivity index (χ1v) is 6.71. The molecule has 0 aromatic rings. The molecular weight excluding hydrogens is 216 g/mol. The van der Waals surface area contributed by atoms with Crippen LogP contribution in [-0.2, 0) is 9.53 Å². The predicted octanol–water partition coefficient (Wildman–Crippen LogP) is 1.31. The molecule has 0 bridgehead atoms. The SMILES string of the molecule is CCCC1CC1NC(C)C(=O)NCCCOC. The van der Waals surface area contributed by atoms with Gasteiger partial charge in [-0.05, 0) is 32.1 Å². The Morgan fingerprint density at radius 2 is 2.29 bits per heavy atom. The number of methoxy groups -OCH3 is 1. The van der Waals surface area contributed by atoms with E-state index in [0.29, 0.717) is 19.2 Å². The average molecular weight is 242 g/mol. The Bertz CT molecular complexity index is 233. The minimum atomic E-state index is -0.0793. The van der Waals surface area contributed by atoms with Crippen LogP contribution in [0, 0.1) is 5.92 Å². The van der Waals surface area contributed by atoms with E-state index in [4.69, 9.17) is 4.74 Å². The number of nitrogens with one attached hydrogen (secondary N) is 2. The van der Waals surface area contributed by atoms with Crippen molar-refractivity contribution in [2.45, 2.75) is 51.6 Å². The molecular formula is C13H26N2O2. The van der Waals surface area contributed by atoms with Crippen LogP contribution in [-0.4, -0.2) is 38.3 Å². The molecule has 1 amide bonds. The molecule has 2 N–H and O–H groups in total. The van der Waals surface area contributed by atoms with Crippen LogP contribution in [0.25, 0.3) is 0 Å². The quantitative estimate of drug-likeness (QED) is 0.599. The van der Waals surface area contributed by atoms with Crippen LogP contribution in [0.15, 0.2) is 0 Å². The molecule has 1 fully saturated rings. The third-order valence-corrected chi connectivity index (χ3v) is 3.26. The summed E-state index contributed by atoms with van der Waals surface area (Å²) in [6, 6.07) is 0.485. The molecule has 100 valence electrons. The number of hydrogen-bond acceptors (Lipinski definition) is 3. The molecule has 1 saturated carbocycles. The average Bonchev–Trinajstić information content (AvgIpc) is 3.03. The highest BCUT2D eigenvalue weighted by Crippen LogP contribution is 2.34. The van der Waals surface area contributed by atoms with Gasteiger partial charge in [0.1, 0.15) is 0 Å².